The molecular weight excluding hydrogens is 377 g/mol. The Morgan fingerprint density at radius 1 is 1.19 bits per heavy atom. The number of fused-ring (bicyclic) bond motifs is 1. The largest absolute Gasteiger partial charge is 0.406 e. The van der Waals surface area contributed by atoms with E-state index in [0.717, 1.165) is 15.2 Å². The molecule has 0 saturated carbocycles. The number of thiophene rings is 1. The summed E-state index contributed by atoms with van der Waals surface area (Å²) in [6.07, 6.45) is -4.11. The van der Waals surface area contributed by atoms with Crippen molar-refractivity contribution in [3.63, 3.8) is 0 Å². The van der Waals surface area contributed by atoms with Gasteiger partial charge in [0.15, 0.2) is 5.82 Å². The lowest BCUT2D eigenvalue weighted by molar-refractivity contribution is -0.157. The van der Waals surface area contributed by atoms with E-state index in [-0.39, 0.29) is 6.54 Å². The standard InChI is InChI=1S/C18H15F3N4OS/c19-18(20,21)10-25-8-7-13(17(25)26)23-15-11-4-1-2-5-12(11)22-16(24-15)14-6-3-9-27-14/h1-6,9,13H,7-8,10H2,(H,22,23,24). The van der Waals surface area contributed by atoms with Crippen molar-refractivity contribution in [2.45, 2.75) is 18.6 Å². The maximum Gasteiger partial charge on any atom is 0.406 e. The van der Waals surface area contributed by atoms with Gasteiger partial charge in [0.05, 0.1) is 10.4 Å². The molecule has 1 unspecified atom stereocenters. The number of nitrogens with zero attached hydrogens (tertiary/aromatic N) is 3. The molecule has 140 valence electrons. The van der Waals surface area contributed by atoms with Crippen LogP contribution in [0.1, 0.15) is 6.42 Å². The van der Waals surface area contributed by atoms with Gasteiger partial charge in [0.25, 0.3) is 0 Å². The first-order chi connectivity index (χ1) is 12.9. The third-order valence-electron chi connectivity index (χ3n) is 4.32. The Bertz CT molecular complexity index is 974. The topological polar surface area (TPSA) is 58.1 Å². The van der Waals surface area contributed by atoms with Crippen molar-refractivity contribution >= 4 is 34.0 Å². The van der Waals surface area contributed by atoms with Gasteiger partial charge < -0.3 is 10.2 Å². The van der Waals surface area contributed by atoms with Crippen LogP contribution in [0.4, 0.5) is 19.0 Å². The lowest BCUT2D eigenvalue weighted by Crippen LogP contribution is -2.39. The van der Waals surface area contributed by atoms with Crippen LogP contribution in [0.5, 0.6) is 0 Å². The predicted octanol–water partition coefficient (Wildman–Crippen LogP) is 3.93. The predicted molar refractivity (Wildman–Crippen MR) is 97.5 cm³/mol. The Morgan fingerprint density at radius 2 is 2.00 bits per heavy atom. The molecule has 0 aliphatic carbocycles. The molecule has 27 heavy (non-hydrogen) atoms. The maximum atomic E-state index is 12.6. The normalized spacial score (nSPS) is 17.7. The highest BCUT2D eigenvalue weighted by molar-refractivity contribution is 7.13. The Hall–Kier alpha value is -2.68. The number of carbonyl (C=O) groups is 1. The van der Waals surface area contributed by atoms with Crippen LogP contribution >= 0.6 is 11.3 Å². The number of aromatic nitrogens is 2. The number of likely N-dealkylation sites (tertiary alicyclic amines) is 1. The van der Waals surface area contributed by atoms with E-state index in [2.05, 4.69) is 15.3 Å². The van der Waals surface area contributed by atoms with Crippen molar-refractivity contribution in [1.82, 2.24) is 14.9 Å². The number of carbonyl (C=O) groups excluding carboxylic acids is 1. The van der Waals surface area contributed by atoms with E-state index in [1.165, 1.54) is 11.3 Å². The number of anilines is 1. The summed E-state index contributed by atoms with van der Waals surface area (Å²) in [5.74, 6) is 0.410. The van der Waals surface area contributed by atoms with E-state index in [4.69, 9.17) is 0 Å². The third-order valence-corrected chi connectivity index (χ3v) is 5.19. The molecule has 0 spiro atoms. The number of nitrogens with one attached hydrogen (secondary N) is 1. The van der Waals surface area contributed by atoms with Gasteiger partial charge in [-0.05, 0) is 30.0 Å². The van der Waals surface area contributed by atoms with Gasteiger partial charge >= 0.3 is 6.18 Å². The Morgan fingerprint density at radius 3 is 2.74 bits per heavy atom. The van der Waals surface area contributed by atoms with Crippen molar-refractivity contribution in [2.24, 2.45) is 0 Å². The molecule has 0 bridgehead atoms. The fraction of sp³-hybridized carbons (Fsp3) is 0.278. The van der Waals surface area contributed by atoms with Gasteiger partial charge in [-0.3, -0.25) is 4.79 Å². The number of amides is 1. The molecule has 1 aliphatic rings. The molecule has 3 heterocycles. The number of para-hydroxylation sites is 1. The molecule has 9 heteroatoms. The molecule has 2 aromatic heterocycles. The molecule has 1 aromatic carbocycles. The van der Waals surface area contributed by atoms with Crippen LogP contribution in [0.3, 0.4) is 0 Å². The molecule has 1 saturated heterocycles. The SMILES string of the molecule is O=C1C(Nc2nc(-c3cccs3)nc3ccccc23)CCN1CC(F)(F)F. The summed E-state index contributed by atoms with van der Waals surface area (Å²) in [5, 5.41) is 5.68. The lowest BCUT2D eigenvalue weighted by Gasteiger charge is -2.19. The number of benzene rings is 1. The molecule has 1 fully saturated rings. The highest BCUT2D eigenvalue weighted by Gasteiger charge is 2.39. The van der Waals surface area contributed by atoms with Crippen LogP contribution in [0, 0.1) is 0 Å². The van der Waals surface area contributed by atoms with E-state index < -0.39 is 24.7 Å². The van der Waals surface area contributed by atoms with Gasteiger partial charge in [-0.1, -0.05) is 18.2 Å². The Kier molecular flexibility index (Phi) is 4.47. The van der Waals surface area contributed by atoms with Crippen molar-refractivity contribution in [3.05, 3.63) is 41.8 Å². The summed E-state index contributed by atoms with van der Waals surface area (Å²) in [5.41, 5.74) is 0.705. The second-order valence-electron chi connectivity index (χ2n) is 6.25. The van der Waals surface area contributed by atoms with E-state index >= 15 is 0 Å². The lowest BCUT2D eigenvalue weighted by atomic mass is 10.2. The first-order valence-electron chi connectivity index (χ1n) is 8.33. The zero-order valence-electron chi connectivity index (χ0n) is 14.0. The van der Waals surface area contributed by atoms with Crippen LogP contribution in [0.2, 0.25) is 0 Å². The highest BCUT2D eigenvalue weighted by Crippen LogP contribution is 2.29. The fourth-order valence-corrected chi connectivity index (χ4v) is 3.77. The Labute approximate surface area is 156 Å². The fourth-order valence-electron chi connectivity index (χ4n) is 3.11. The quantitative estimate of drug-likeness (QED) is 0.731. The Balaban J connectivity index is 1.65. The molecule has 5 nitrogen and oxygen atoms in total. The summed E-state index contributed by atoms with van der Waals surface area (Å²) < 4.78 is 37.9. The molecule has 4 rings (SSSR count). The van der Waals surface area contributed by atoms with Gasteiger partial charge in [-0.25, -0.2) is 9.97 Å². The highest BCUT2D eigenvalue weighted by atomic mass is 32.1. The summed E-state index contributed by atoms with van der Waals surface area (Å²) in [6, 6.07) is 10.4. The van der Waals surface area contributed by atoms with Crippen molar-refractivity contribution in [3.8, 4) is 10.7 Å². The second kappa shape index (κ2) is 6.80. The van der Waals surface area contributed by atoms with Crippen LogP contribution in [0.15, 0.2) is 41.8 Å². The average molecular weight is 392 g/mol. The van der Waals surface area contributed by atoms with Gasteiger partial charge in [-0.15, -0.1) is 11.3 Å². The van der Waals surface area contributed by atoms with Crippen LogP contribution in [0.25, 0.3) is 21.6 Å². The van der Waals surface area contributed by atoms with E-state index in [9.17, 15) is 18.0 Å². The van der Waals surface area contributed by atoms with Gasteiger partial charge in [0.2, 0.25) is 5.91 Å². The van der Waals surface area contributed by atoms with Crippen molar-refractivity contribution in [2.75, 3.05) is 18.4 Å². The molecule has 1 atom stereocenters. The minimum atomic E-state index is -4.40. The van der Waals surface area contributed by atoms with E-state index in [1.54, 1.807) is 0 Å². The molecule has 1 amide bonds. The van der Waals surface area contributed by atoms with E-state index in [1.807, 2.05) is 41.8 Å². The number of rotatable bonds is 4. The van der Waals surface area contributed by atoms with Crippen LogP contribution in [-0.2, 0) is 4.79 Å². The number of alkyl halides is 3. The van der Waals surface area contributed by atoms with E-state index in [0.29, 0.717) is 23.6 Å². The number of halogens is 3. The summed E-state index contributed by atoms with van der Waals surface area (Å²) in [6.45, 7) is -1.16. The van der Waals surface area contributed by atoms with Crippen molar-refractivity contribution < 1.29 is 18.0 Å². The molecule has 1 aliphatic heterocycles. The molecular formula is C18H15F3N4OS. The smallest absolute Gasteiger partial charge is 0.358 e. The second-order valence-corrected chi connectivity index (χ2v) is 7.20. The monoisotopic (exact) mass is 392 g/mol. The van der Waals surface area contributed by atoms with Crippen LogP contribution in [-0.4, -0.2) is 46.1 Å². The summed E-state index contributed by atoms with van der Waals surface area (Å²) >= 11 is 1.49. The van der Waals surface area contributed by atoms with Gasteiger partial charge in [0, 0.05) is 11.9 Å². The third kappa shape index (κ3) is 3.73. The van der Waals surface area contributed by atoms with Crippen molar-refractivity contribution in [1.29, 1.82) is 0 Å². The van der Waals surface area contributed by atoms with Crippen LogP contribution < -0.4 is 5.32 Å². The first kappa shape index (κ1) is 17.7. The number of hydrogen-bond donors (Lipinski definition) is 1. The van der Waals surface area contributed by atoms with Gasteiger partial charge in [-0.2, -0.15) is 13.2 Å². The number of hydrogen-bond acceptors (Lipinski definition) is 5. The van der Waals surface area contributed by atoms with Gasteiger partial charge in [0.1, 0.15) is 18.4 Å². The molecule has 0 radical (unpaired) electrons. The summed E-state index contributed by atoms with van der Waals surface area (Å²) in [7, 11) is 0. The molecule has 3 aromatic rings. The zero-order valence-corrected chi connectivity index (χ0v) is 14.8. The minimum absolute atomic E-state index is 0.0663. The molecule has 1 N–H and O–H groups in total. The summed E-state index contributed by atoms with van der Waals surface area (Å²) in [4.78, 5) is 23.2. The average Bonchev–Trinajstić information content (AvgIpc) is 3.26. The zero-order chi connectivity index (χ0) is 19.0. The maximum absolute atomic E-state index is 12.6. The minimum Gasteiger partial charge on any atom is -0.358 e. The first-order valence-corrected chi connectivity index (χ1v) is 9.21.